The molecule has 3 aromatic heterocycles. The van der Waals surface area contributed by atoms with Crippen molar-refractivity contribution in [3.63, 3.8) is 0 Å². The second-order valence-electron chi connectivity index (χ2n) is 7.20. The Morgan fingerprint density at radius 2 is 2.23 bits per heavy atom. The fraction of sp³-hybridized carbons (Fsp3) is 0.556. The van der Waals surface area contributed by atoms with E-state index in [9.17, 15) is 0 Å². The molecule has 0 aliphatic carbocycles. The Hall–Kier alpha value is -2.48. The minimum absolute atomic E-state index is 0.254. The monoisotopic (exact) mass is 357 g/mol. The Morgan fingerprint density at radius 1 is 1.31 bits per heavy atom. The summed E-state index contributed by atoms with van der Waals surface area (Å²) in [4.78, 5) is 6.88. The maximum Gasteiger partial charge on any atom is 0.283 e. The first kappa shape index (κ1) is 17.0. The highest BCUT2D eigenvalue weighted by atomic mass is 16.5. The first-order valence-corrected chi connectivity index (χ1v) is 9.08. The first-order valence-electron chi connectivity index (χ1n) is 9.08. The third kappa shape index (κ3) is 3.85. The van der Waals surface area contributed by atoms with Gasteiger partial charge in [0.15, 0.2) is 11.6 Å². The molecule has 8 heteroatoms. The quantitative estimate of drug-likeness (QED) is 0.663. The van der Waals surface area contributed by atoms with E-state index >= 15 is 0 Å². The molecule has 0 amide bonds. The van der Waals surface area contributed by atoms with Crippen LogP contribution in [0.2, 0.25) is 0 Å². The molecule has 26 heavy (non-hydrogen) atoms. The summed E-state index contributed by atoms with van der Waals surface area (Å²) >= 11 is 0. The molecule has 1 aliphatic rings. The van der Waals surface area contributed by atoms with Crippen molar-refractivity contribution in [3.8, 4) is 11.7 Å². The zero-order valence-electron chi connectivity index (χ0n) is 15.1. The van der Waals surface area contributed by atoms with Gasteiger partial charge in [-0.25, -0.2) is 0 Å². The van der Waals surface area contributed by atoms with Gasteiger partial charge in [0.2, 0.25) is 11.8 Å². The molecule has 1 saturated heterocycles. The molecule has 8 nitrogen and oxygen atoms in total. The van der Waals surface area contributed by atoms with Gasteiger partial charge in [0.05, 0.1) is 18.7 Å². The van der Waals surface area contributed by atoms with Crippen molar-refractivity contribution in [1.82, 2.24) is 25.2 Å². The Morgan fingerprint density at radius 3 is 3.04 bits per heavy atom. The largest absolute Gasteiger partial charge is 0.459 e. The van der Waals surface area contributed by atoms with Crippen LogP contribution < -0.4 is 0 Å². The highest BCUT2D eigenvalue weighted by Gasteiger charge is 2.27. The molecule has 0 radical (unpaired) electrons. The maximum atomic E-state index is 5.71. The number of hydrogen-bond donors (Lipinski definition) is 0. The lowest BCUT2D eigenvalue weighted by atomic mass is 9.98. The molecule has 1 aliphatic heterocycles. The lowest BCUT2D eigenvalue weighted by Gasteiger charge is -2.29. The van der Waals surface area contributed by atoms with E-state index in [1.807, 2.05) is 0 Å². The number of hydrogen-bond acceptors (Lipinski definition) is 8. The molecular weight excluding hydrogens is 334 g/mol. The Labute approximate surface area is 151 Å². The normalized spacial score (nSPS) is 18.7. The molecule has 4 heterocycles. The average Bonchev–Trinajstić information content (AvgIpc) is 3.36. The van der Waals surface area contributed by atoms with Gasteiger partial charge in [0.1, 0.15) is 0 Å². The lowest BCUT2D eigenvalue weighted by molar-refractivity contribution is 0.167. The van der Waals surface area contributed by atoms with Crippen LogP contribution in [0.4, 0.5) is 0 Å². The van der Waals surface area contributed by atoms with Crippen molar-refractivity contribution >= 4 is 0 Å². The summed E-state index contributed by atoms with van der Waals surface area (Å²) in [6, 6.07) is 3.60. The van der Waals surface area contributed by atoms with Crippen LogP contribution in [0.5, 0.6) is 0 Å². The van der Waals surface area contributed by atoms with Gasteiger partial charge in [-0.05, 0) is 37.4 Å². The third-order valence-corrected chi connectivity index (χ3v) is 4.49. The predicted octanol–water partition coefficient (Wildman–Crippen LogP) is 3.29. The van der Waals surface area contributed by atoms with Crippen molar-refractivity contribution in [2.45, 2.75) is 45.6 Å². The smallest absolute Gasteiger partial charge is 0.283 e. The van der Waals surface area contributed by atoms with Gasteiger partial charge in [-0.1, -0.05) is 19.0 Å². The topological polar surface area (TPSA) is 94.2 Å². The Bertz CT molecular complexity index is 824. The molecule has 0 saturated carbocycles. The standard InChI is InChI=1S/C18H23N5O3/c1-12(2)9-15-19-17(26-22-15)13-5-3-7-23(10-13)11-16-20-21-18(25-16)14-6-4-8-24-14/h4,6,8,12-13H,3,5,7,9-11H2,1-2H3/t13-/m0/s1. The molecule has 0 N–H and O–H groups in total. The first-order chi connectivity index (χ1) is 12.7. The van der Waals surface area contributed by atoms with E-state index in [1.54, 1.807) is 18.4 Å². The molecular formula is C18H23N5O3. The molecule has 0 unspecified atom stereocenters. The van der Waals surface area contributed by atoms with Crippen LogP contribution in [0.25, 0.3) is 11.7 Å². The minimum Gasteiger partial charge on any atom is -0.459 e. The van der Waals surface area contributed by atoms with Crippen molar-refractivity contribution in [1.29, 1.82) is 0 Å². The van der Waals surface area contributed by atoms with E-state index in [-0.39, 0.29) is 5.92 Å². The van der Waals surface area contributed by atoms with E-state index < -0.39 is 0 Å². The summed E-state index contributed by atoms with van der Waals surface area (Å²) < 4.78 is 16.5. The van der Waals surface area contributed by atoms with E-state index in [0.717, 1.165) is 44.1 Å². The average molecular weight is 357 g/mol. The highest BCUT2D eigenvalue weighted by Crippen LogP contribution is 2.27. The highest BCUT2D eigenvalue weighted by molar-refractivity contribution is 5.42. The van der Waals surface area contributed by atoms with E-state index in [1.165, 1.54) is 0 Å². The van der Waals surface area contributed by atoms with Gasteiger partial charge in [-0.15, -0.1) is 10.2 Å². The molecule has 138 valence electrons. The van der Waals surface area contributed by atoms with Crippen LogP contribution in [0.3, 0.4) is 0 Å². The van der Waals surface area contributed by atoms with Crippen LogP contribution in [0.1, 0.15) is 50.2 Å². The van der Waals surface area contributed by atoms with Crippen molar-refractivity contribution in [2.75, 3.05) is 13.1 Å². The summed E-state index contributed by atoms with van der Waals surface area (Å²) in [5, 5.41) is 12.3. The van der Waals surface area contributed by atoms with Gasteiger partial charge in [0, 0.05) is 13.0 Å². The van der Waals surface area contributed by atoms with Gasteiger partial charge < -0.3 is 13.4 Å². The molecule has 0 bridgehead atoms. The zero-order valence-corrected chi connectivity index (χ0v) is 15.1. The third-order valence-electron chi connectivity index (χ3n) is 4.49. The Kier molecular flexibility index (Phi) is 4.83. The molecule has 0 spiro atoms. The molecule has 1 fully saturated rings. The van der Waals surface area contributed by atoms with Gasteiger partial charge in [-0.2, -0.15) is 4.98 Å². The molecule has 0 aromatic carbocycles. The molecule has 4 rings (SSSR count). The van der Waals surface area contributed by atoms with Crippen LogP contribution in [0.15, 0.2) is 31.8 Å². The van der Waals surface area contributed by atoms with Crippen LogP contribution in [-0.4, -0.2) is 38.3 Å². The van der Waals surface area contributed by atoms with Gasteiger partial charge >= 0.3 is 0 Å². The number of furan rings is 1. The molecule has 1 atom stereocenters. The number of rotatable bonds is 6. The predicted molar refractivity (Wildman–Crippen MR) is 92.1 cm³/mol. The van der Waals surface area contributed by atoms with E-state index in [2.05, 4.69) is 39.1 Å². The van der Waals surface area contributed by atoms with E-state index in [4.69, 9.17) is 13.4 Å². The Balaban J connectivity index is 1.38. The number of piperidine rings is 1. The molecule has 3 aromatic rings. The second kappa shape index (κ2) is 7.41. The van der Waals surface area contributed by atoms with Crippen molar-refractivity contribution < 1.29 is 13.4 Å². The van der Waals surface area contributed by atoms with Crippen LogP contribution >= 0.6 is 0 Å². The summed E-state index contributed by atoms with van der Waals surface area (Å²) in [5.74, 6) is 3.90. The van der Waals surface area contributed by atoms with Crippen molar-refractivity contribution in [3.05, 3.63) is 36.0 Å². The fourth-order valence-electron chi connectivity index (χ4n) is 3.29. The fourth-order valence-corrected chi connectivity index (χ4v) is 3.29. The summed E-state index contributed by atoms with van der Waals surface area (Å²) in [5.41, 5.74) is 0. The minimum atomic E-state index is 0.254. The van der Waals surface area contributed by atoms with Gasteiger partial charge in [0.25, 0.3) is 5.89 Å². The van der Waals surface area contributed by atoms with Crippen LogP contribution in [-0.2, 0) is 13.0 Å². The number of aromatic nitrogens is 4. The summed E-state index contributed by atoms with van der Waals surface area (Å²) in [7, 11) is 0. The lowest BCUT2D eigenvalue weighted by Crippen LogP contribution is -2.34. The zero-order chi connectivity index (χ0) is 17.9. The van der Waals surface area contributed by atoms with E-state index in [0.29, 0.717) is 30.0 Å². The number of nitrogens with zero attached hydrogens (tertiary/aromatic N) is 5. The second-order valence-corrected chi connectivity index (χ2v) is 7.20. The summed E-state index contributed by atoms with van der Waals surface area (Å²) in [6.45, 7) is 6.75. The summed E-state index contributed by atoms with van der Waals surface area (Å²) in [6.07, 6.45) is 4.57. The SMILES string of the molecule is CC(C)Cc1noc([C@H]2CCCN(Cc3nnc(-c4ccco4)o3)C2)n1. The maximum absolute atomic E-state index is 5.71. The number of likely N-dealkylation sites (tertiary alicyclic amines) is 1. The van der Waals surface area contributed by atoms with Crippen molar-refractivity contribution in [2.24, 2.45) is 5.92 Å². The van der Waals surface area contributed by atoms with Gasteiger partial charge in [-0.3, -0.25) is 4.90 Å². The van der Waals surface area contributed by atoms with Crippen LogP contribution in [0, 0.1) is 5.92 Å².